The Labute approximate surface area is 121 Å². The van der Waals surface area contributed by atoms with Gasteiger partial charge in [0.1, 0.15) is 5.69 Å². The highest BCUT2D eigenvalue weighted by atomic mass is 16.2. The number of anilines is 1. The van der Waals surface area contributed by atoms with E-state index in [1.54, 1.807) is 6.07 Å². The molecule has 0 radical (unpaired) electrons. The van der Waals surface area contributed by atoms with Crippen LogP contribution in [0, 0.1) is 5.92 Å². The summed E-state index contributed by atoms with van der Waals surface area (Å²) in [6.07, 6.45) is 7.62. The van der Waals surface area contributed by atoms with Crippen LogP contribution in [-0.4, -0.2) is 28.5 Å². The van der Waals surface area contributed by atoms with Crippen LogP contribution in [0.4, 0.5) is 5.69 Å². The van der Waals surface area contributed by atoms with E-state index in [4.69, 9.17) is 5.73 Å². The number of nitrogens with two attached hydrogens (primary N) is 1. The van der Waals surface area contributed by atoms with Crippen LogP contribution in [-0.2, 0) is 6.54 Å². The van der Waals surface area contributed by atoms with Gasteiger partial charge in [0.25, 0.3) is 5.91 Å². The summed E-state index contributed by atoms with van der Waals surface area (Å²) >= 11 is 0. The van der Waals surface area contributed by atoms with Crippen molar-refractivity contribution in [3.05, 3.63) is 18.0 Å². The molecule has 0 aromatic carbocycles. The first-order chi connectivity index (χ1) is 9.52. The zero-order chi connectivity index (χ0) is 14.7. The standard InChI is InChI=1S/C16H27N3O/c1-4-8-19-11-13(17)10-15(19)16(20)18(3)14-7-5-6-12(2)9-14/h10-12,14H,4-9,17H2,1-3H3. The van der Waals surface area contributed by atoms with Gasteiger partial charge in [-0.25, -0.2) is 0 Å². The van der Waals surface area contributed by atoms with Crippen LogP contribution in [0.3, 0.4) is 0 Å². The molecule has 1 saturated carbocycles. The normalized spacial score (nSPS) is 22.8. The Morgan fingerprint density at radius 3 is 2.90 bits per heavy atom. The number of rotatable bonds is 4. The maximum absolute atomic E-state index is 12.7. The third kappa shape index (κ3) is 3.17. The third-order valence-electron chi connectivity index (χ3n) is 4.38. The summed E-state index contributed by atoms with van der Waals surface area (Å²) in [5.74, 6) is 0.825. The first-order valence-corrected chi connectivity index (χ1v) is 7.75. The van der Waals surface area contributed by atoms with Crippen LogP contribution in [0.2, 0.25) is 0 Å². The zero-order valence-electron chi connectivity index (χ0n) is 12.9. The summed E-state index contributed by atoms with van der Waals surface area (Å²) in [6, 6.07) is 2.18. The van der Waals surface area contributed by atoms with Gasteiger partial charge in [-0.1, -0.05) is 26.7 Å². The molecule has 20 heavy (non-hydrogen) atoms. The first-order valence-electron chi connectivity index (χ1n) is 7.75. The van der Waals surface area contributed by atoms with Gasteiger partial charge in [-0.2, -0.15) is 0 Å². The van der Waals surface area contributed by atoms with Gasteiger partial charge in [-0.05, 0) is 31.2 Å². The Kier molecular flexibility index (Phi) is 4.73. The fraction of sp³-hybridized carbons (Fsp3) is 0.688. The average molecular weight is 277 g/mol. The first kappa shape index (κ1) is 14.9. The second-order valence-electron chi connectivity index (χ2n) is 6.19. The fourth-order valence-electron chi connectivity index (χ4n) is 3.24. The topological polar surface area (TPSA) is 51.3 Å². The average Bonchev–Trinajstić information content (AvgIpc) is 2.78. The van der Waals surface area contributed by atoms with Gasteiger partial charge in [0.05, 0.1) is 5.69 Å². The summed E-state index contributed by atoms with van der Waals surface area (Å²) < 4.78 is 1.99. The van der Waals surface area contributed by atoms with Crippen molar-refractivity contribution in [3.8, 4) is 0 Å². The second kappa shape index (κ2) is 6.33. The highest BCUT2D eigenvalue weighted by Gasteiger charge is 2.27. The summed E-state index contributed by atoms with van der Waals surface area (Å²) in [5, 5.41) is 0. The number of hydrogen-bond acceptors (Lipinski definition) is 2. The predicted molar refractivity (Wildman–Crippen MR) is 82.6 cm³/mol. The molecule has 2 atom stereocenters. The molecular formula is C16H27N3O. The van der Waals surface area contributed by atoms with Crippen molar-refractivity contribution in [1.82, 2.24) is 9.47 Å². The minimum Gasteiger partial charge on any atom is -0.397 e. The largest absolute Gasteiger partial charge is 0.397 e. The molecule has 1 aromatic heterocycles. The van der Waals surface area contributed by atoms with E-state index in [9.17, 15) is 4.79 Å². The van der Waals surface area contributed by atoms with Crippen molar-refractivity contribution in [1.29, 1.82) is 0 Å². The lowest BCUT2D eigenvalue weighted by molar-refractivity contribution is 0.0661. The van der Waals surface area contributed by atoms with Gasteiger partial charge in [0, 0.05) is 25.8 Å². The molecule has 0 bridgehead atoms. The lowest BCUT2D eigenvalue weighted by Crippen LogP contribution is -2.40. The van der Waals surface area contributed by atoms with Gasteiger partial charge in [-0.3, -0.25) is 4.79 Å². The number of hydrogen-bond donors (Lipinski definition) is 1. The van der Waals surface area contributed by atoms with Crippen LogP contribution >= 0.6 is 0 Å². The molecule has 0 spiro atoms. The molecule has 2 rings (SSSR count). The van der Waals surface area contributed by atoms with Crippen LogP contribution in [0.25, 0.3) is 0 Å². The number of amides is 1. The molecule has 4 heteroatoms. The summed E-state index contributed by atoms with van der Waals surface area (Å²) in [7, 11) is 1.94. The monoisotopic (exact) mass is 277 g/mol. The van der Waals surface area contributed by atoms with E-state index in [1.165, 1.54) is 12.8 Å². The molecule has 1 amide bonds. The molecule has 0 aliphatic heterocycles. The van der Waals surface area contributed by atoms with E-state index in [-0.39, 0.29) is 5.91 Å². The van der Waals surface area contributed by atoms with Crippen LogP contribution in [0.15, 0.2) is 12.3 Å². The van der Waals surface area contributed by atoms with Crippen molar-refractivity contribution in [2.45, 2.75) is 58.5 Å². The van der Waals surface area contributed by atoms with E-state index in [0.717, 1.165) is 37.4 Å². The van der Waals surface area contributed by atoms with Crippen molar-refractivity contribution in [2.75, 3.05) is 12.8 Å². The highest BCUT2D eigenvalue weighted by Crippen LogP contribution is 2.27. The maximum Gasteiger partial charge on any atom is 0.270 e. The summed E-state index contributed by atoms with van der Waals surface area (Å²) in [6.45, 7) is 5.23. The molecule has 1 fully saturated rings. The minimum absolute atomic E-state index is 0.106. The quantitative estimate of drug-likeness (QED) is 0.919. The van der Waals surface area contributed by atoms with Crippen molar-refractivity contribution in [3.63, 3.8) is 0 Å². The van der Waals surface area contributed by atoms with Crippen molar-refractivity contribution >= 4 is 11.6 Å². The Morgan fingerprint density at radius 1 is 1.50 bits per heavy atom. The van der Waals surface area contributed by atoms with Gasteiger partial charge in [0.15, 0.2) is 0 Å². The van der Waals surface area contributed by atoms with Crippen LogP contribution < -0.4 is 5.73 Å². The molecular weight excluding hydrogens is 250 g/mol. The van der Waals surface area contributed by atoms with E-state index in [0.29, 0.717) is 11.7 Å². The molecule has 4 nitrogen and oxygen atoms in total. The van der Waals surface area contributed by atoms with Crippen LogP contribution in [0.5, 0.6) is 0 Å². The second-order valence-corrected chi connectivity index (χ2v) is 6.19. The van der Waals surface area contributed by atoms with Crippen molar-refractivity contribution < 1.29 is 4.79 Å². The Hall–Kier alpha value is -1.45. The zero-order valence-corrected chi connectivity index (χ0v) is 12.9. The van der Waals surface area contributed by atoms with Crippen molar-refractivity contribution in [2.24, 2.45) is 5.92 Å². The van der Waals surface area contributed by atoms with Gasteiger partial charge >= 0.3 is 0 Å². The summed E-state index contributed by atoms with van der Waals surface area (Å²) in [4.78, 5) is 14.6. The van der Waals surface area contributed by atoms with Gasteiger partial charge < -0.3 is 15.2 Å². The Balaban J connectivity index is 2.13. The molecule has 1 aliphatic carbocycles. The summed E-state index contributed by atoms with van der Waals surface area (Å²) in [5.41, 5.74) is 7.26. The van der Waals surface area contributed by atoms with E-state index in [2.05, 4.69) is 13.8 Å². The molecule has 1 aromatic rings. The smallest absolute Gasteiger partial charge is 0.270 e. The van der Waals surface area contributed by atoms with Crippen LogP contribution in [0.1, 0.15) is 56.4 Å². The van der Waals surface area contributed by atoms with E-state index >= 15 is 0 Å². The van der Waals surface area contributed by atoms with E-state index < -0.39 is 0 Å². The SMILES string of the molecule is CCCn1cc(N)cc1C(=O)N(C)C1CCCC(C)C1. The van der Waals surface area contributed by atoms with Gasteiger partial charge in [0.2, 0.25) is 0 Å². The highest BCUT2D eigenvalue weighted by molar-refractivity contribution is 5.93. The lowest BCUT2D eigenvalue weighted by Gasteiger charge is -2.34. The number of carbonyl (C=O) groups is 1. The number of aromatic nitrogens is 1. The molecule has 1 heterocycles. The third-order valence-corrected chi connectivity index (χ3v) is 4.38. The number of aryl methyl sites for hydroxylation is 1. The molecule has 1 aliphatic rings. The molecule has 0 saturated heterocycles. The predicted octanol–water partition coefficient (Wildman–Crippen LogP) is 3.13. The van der Waals surface area contributed by atoms with E-state index in [1.807, 2.05) is 22.7 Å². The molecule has 112 valence electrons. The molecule has 2 unspecified atom stereocenters. The maximum atomic E-state index is 12.7. The van der Waals surface area contributed by atoms with Gasteiger partial charge in [-0.15, -0.1) is 0 Å². The Morgan fingerprint density at radius 2 is 2.25 bits per heavy atom. The minimum atomic E-state index is 0.106. The number of carbonyl (C=O) groups excluding carboxylic acids is 1. The fourth-order valence-corrected chi connectivity index (χ4v) is 3.24. The number of nitrogens with zero attached hydrogens (tertiary/aromatic N) is 2. The Bertz CT molecular complexity index is 466. The molecule has 2 N–H and O–H groups in total. The number of nitrogen functional groups attached to an aromatic ring is 1. The lowest BCUT2D eigenvalue weighted by atomic mass is 9.86.